The molecular weight excluding hydrogens is 374 g/mol. The van der Waals surface area contributed by atoms with Crippen LogP contribution in [-0.2, 0) is 12.8 Å². The van der Waals surface area contributed by atoms with E-state index in [0.717, 1.165) is 12.8 Å². The van der Waals surface area contributed by atoms with Gasteiger partial charge in [-0.2, -0.15) is 0 Å². The van der Waals surface area contributed by atoms with E-state index in [9.17, 15) is 0 Å². The molecule has 2 aromatic rings. The molecule has 0 saturated heterocycles. The Labute approximate surface area is 184 Å². The minimum Gasteiger partial charge on any atom is -0.367 e. The van der Waals surface area contributed by atoms with E-state index in [4.69, 9.17) is 0 Å². The van der Waals surface area contributed by atoms with Gasteiger partial charge in [-0.1, -0.05) is 85.0 Å². The summed E-state index contributed by atoms with van der Waals surface area (Å²) < 4.78 is 0. The van der Waals surface area contributed by atoms with Crippen LogP contribution in [-0.4, -0.2) is 0 Å². The molecule has 6 rings (SSSR count). The summed E-state index contributed by atoms with van der Waals surface area (Å²) in [6.45, 7) is 0. The van der Waals surface area contributed by atoms with Crippen molar-refractivity contribution in [3.63, 3.8) is 0 Å². The van der Waals surface area contributed by atoms with E-state index in [2.05, 4.69) is 96.5 Å². The summed E-state index contributed by atoms with van der Waals surface area (Å²) in [6, 6.07) is 13.4. The summed E-state index contributed by atoms with van der Waals surface area (Å²) in [7, 11) is 0. The summed E-state index contributed by atoms with van der Waals surface area (Å²) in [6.07, 6.45) is 29.7. The fourth-order valence-electron chi connectivity index (χ4n) is 4.88. The minimum absolute atomic E-state index is 0.536. The highest BCUT2D eigenvalue weighted by atomic mass is 14.8. The normalized spacial score (nSPS) is 19.7. The summed E-state index contributed by atoms with van der Waals surface area (Å²) in [5.74, 6) is 0.536. The van der Waals surface area contributed by atoms with Crippen molar-refractivity contribution in [1.29, 1.82) is 0 Å². The number of hydrogen-bond donors (Lipinski definition) is 1. The number of benzene rings is 2. The molecule has 1 heteroatoms. The van der Waals surface area contributed by atoms with Crippen molar-refractivity contribution in [3.8, 4) is 0 Å². The topological polar surface area (TPSA) is 12.0 Å². The molecule has 1 unspecified atom stereocenters. The molecule has 2 aromatic carbocycles. The third-order valence-electron chi connectivity index (χ3n) is 6.49. The van der Waals surface area contributed by atoms with Gasteiger partial charge in [0.05, 0.1) is 0 Å². The van der Waals surface area contributed by atoms with Gasteiger partial charge >= 0.3 is 0 Å². The maximum atomic E-state index is 3.13. The van der Waals surface area contributed by atoms with E-state index >= 15 is 0 Å². The van der Waals surface area contributed by atoms with Crippen LogP contribution in [0.4, 0.5) is 0 Å². The van der Waals surface area contributed by atoms with Crippen molar-refractivity contribution in [2.75, 3.05) is 0 Å². The number of hydrogen-bond acceptors (Lipinski definition) is 1. The smallest absolute Gasteiger partial charge is 0.00700 e. The fraction of sp³-hybridized carbons (Fsp3) is 0.200. The van der Waals surface area contributed by atoms with E-state index in [1.54, 1.807) is 11.1 Å². The molecule has 4 aliphatic rings. The zero-order chi connectivity index (χ0) is 20.9. The van der Waals surface area contributed by atoms with Gasteiger partial charge in [-0.05, 0) is 75.8 Å². The van der Waals surface area contributed by atoms with Gasteiger partial charge in [0.25, 0.3) is 0 Å². The Hall–Kier alpha value is -3.32. The molecule has 1 aliphatic heterocycles. The predicted molar refractivity (Wildman–Crippen MR) is 131 cm³/mol. The van der Waals surface area contributed by atoms with Gasteiger partial charge in [-0.15, -0.1) is 0 Å². The molecule has 0 aromatic heterocycles. The molecule has 0 spiro atoms. The van der Waals surface area contributed by atoms with E-state index in [0.29, 0.717) is 5.92 Å². The Morgan fingerprint density at radius 2 is 1.77 bits per heavy atom. The monoisotopic (exact) mass is 403 g/mol. The molecule has 1 heterocycles. The van der Waals surface area contributed by atoms with Gasteiger partial charge in [-0.3, -0.25) is 0 Å². The lowest BCUT2D eigenvalue weighted by Crippen LogP contribution is -2.19. The number of allylic oxidation sites excluding steroid dienone is 8. The molecule has 0 bridgehead atoms. The van der Waals surface area contributed by atoms with Gasteiger partial charge in [0, 0.05) is 18.3 Å². The summed E-state index contributed by atoms with van der Waals surface area (Å²) in [5.41, 5.74) is 4.51. The highest BCUT2D eigenvalue weighted by Gasteiger charge is 2.11. The zero-order valence-electron chi connectivity index (χ0n) is 17.9. The van der Waals surface area contributed by atoms with Crippen LogP contribution in [0.15, 0.2) is 96.9 Å². The molecule has 31 heavy (non-hydrogen) atoms. The molecule has 0 fully saturated rings. The van der Waals surface area contributed by atoms with Crippen LogP contribution in [0.3, 0.4) is 0 Å². The predicted octanol–water partition coefficient (Wildman–Crippen LogP) is 5.10. The number of fused-ring (bicyclic) bond motifs is 4. The van der Waals surface area contributed by atoms with E-state index in [-0.39, 0.29) is 0 Å². The Kier molecular flexibility index (Phi) is 5.84. The van der Waals surface area contributed by atoms with Crippen molar-refractivity contribution in [3.05, 3.63) is 129 Å². The molecule has 1 atom stereocenters. The number of nitrogens with one attached hydrogen (secondary N) is 1. The van der Waals surface area contributed by atoms with Crippen molar-refractivity contribution in [2.45, 2.75) is 32.1 Å². The first-order valence-electron chi connectivity index (χ1n) is 11.4. The minimum atomic E-state index is 0.536. The van der Waals surface area contributed by atoms with Gasteiger partial charge in [0.2, 0.25) is 0 Å². The summed E-state index contributed by atoms with van der Waals surface area (Å²) in [4.78, 5) is 0. The molecular formula is C30H29N. The van der Waals surface area contributed by atoms with Gasteiger partial charge < -0.3 is 5.32 Å². The second-order valence-electron chi connectivity index (χ2n) is 8.44. The largest absolute Gasteiger partial charge is 0.367 e. The third-order valence-corrected chi connectivity index (χ3v) is 6.49. The lowest BCUT2D eigenvalue weighted by molar-refractivity contribution is 0.780. The van der Waals surface area contributed by atoms with Crippen LogP contribution in [0.1, 0.15) is 30.4 Å². The third kappa shape index (κ3) is 4.27. The quantitative estimate of drug-likeness (QED) is 0.698. The van der Waals surface area contributed by atoms with Crippen LogP contribution < -0.4 is 15.8 Å². The van der Waals surface area contributed by atoms with Crippen LogP contribution in [0.2, 0.25) is 0 Å². The maximum Gasteiger partial charge on any atom is 0.00700 e. The highest BCUT2D eigenvalue weighted by molar-refractivity contribution is 5.47. The summed E-state index contributed by atoms with van der Waals surface area (Å²) in [5, 5.41) is 8.87. The number of rotatable bonds is 1. The van der Waals surface area contributed by atoms with E-state index in [1.165, 1.54) is 45.7 Å². The van der Waals surface area contributed by atoms with Crippen molar-refractivity contribution in [1.82, 2.24) is 5.32 Å². The first kappa shape index (κ1) is 19.6. The Balaban J connectivity index is 0.000000140. The first-order valence-corrected chi connectivity index (χ1v) is 11.4. The fourth-order valence-corrected chi connectivity index (χ4v) is 4.88. The molecule has 0 saturated carbocycles. The molecule has 1 nitrogen and oxygen atoms in total. The average Bonchev–Trinajstić information content (AvgIpc) is 3.14. The maximum absolute atomic E-state index is 3.13. The lowest BCUT2D eigenvalue weighted by atomic mass is 9.89. The molecule has 1 N–H and O–H groups in total. The SMILES string of the molecule is C1=CCC(C2=CNC=CC=C2)C=C1.C1=c2ccc3c(c2CCC1)CC=c1ccccc1=3. The summed E-state index contributed by atoms with van der Waals surface area (Å²) >= 11 is 0. The van der Waals surface area contributed by atoms with E-state index < -0.39 is 0 Å². The second kappa shape index (κ2) is 9.22. The van der Waals surface area contributed by atoms with Crippen molar-refractivity contribution in [2.24, 2.45) is 5.92 Å². The molecule has 0 radical (unpaired) electrons. The van der Waals surface area contributed by atoms with Gasteiger partial charge in [0.15, 0.2) is 0 Å². The Morgan fingerprint density at radius 3 is 2.71 bits per heavy atom. The standard InChI is InChI=1S/C18H16.C12H13N/c1-3-7-15-13(5-1)9-11-18-16-8-4-2-6-14(16)10-12-17(15)18;1-2-6-11(7-3-1)12-8-4-5-9-13-10-12/h1,3,5-7,9-10,12H,2,4,8,11H2;1-6,8-11,13H,7H2. The van der Waals surface area contributed by atoms with Crippen LogP contribution in [0.25, 0.3) is 12.2 Å². The van der Waals surface area contributed by atoms with Crippen molar-refractivity contribution < 1.29 is 0 Å². The first-order chi connectivity index (χ1) is 15.4. The van der Waals surface area contributed by atoms with Crippen LogP contribution in [0.5, 0.6) is 0 Å². The molecule has 3 aliphatic carbocycles. The zero-order valence-corrected chi connectivity index (χ0v) is 17.9. The van der Waals surface area contributed by atoms with Gasteiger partial charge in [-0.25, -0.2) is 0 Å². The van der Waals surface area contributed by atoms with Crippen LogP contribution in [0, 0.1) is 16.4 Å². The highest BCUT2D eigenvalue weighted by Crippen LogP contribution is 2.22. The molecule has 0 amide bonds. The Morgan fingerprint density at radius 1 is 0.806 bits per heavy atom. The average molecular weight is 404 g/mol. The lowest BCUT2D eigenvalue weighted by Gasteiger charge is -2.16. The van der Waals surface area contributed by atoms with Crippen LogP contribution >= 0.6 is 0 Å². The van der Waals surface area contributed by atoms with E-state index in [1.807, 2.05) is 12.3 Å². The van der Waals surface area contributed by atoms with Crippen molar-refractivity contribution >= 4 is 12.2 Å². The molecule has 154 valence electrons. The second-order valence-corrected chi connectivity index (χ2v) is 8.44. The Bertz CT molecular complexity index is 1330. The van der Waals surface area contributed by atoms with Gasteiger partial charge in [0.1, 0.15) is 0 Å².